The minimum Gasteiger partial charge on any atom is -0.478 e. The number of aromatic carboxylic acids is 1. The Labute approximate surface area is 117 Å². The van der Waals surface area contributed by atoms with E-state index in [1.807, 2.05) is 13.0 Å². The summed E-state index contributed by atoms with van der Waals surface area (Å²) >= 11 is 0. The number of carboxylic acid groups (broad SMARTS) is 1. The molecule has 20 heavy (non-hydrogen) atoms. The molecule has 0 unspecified atom stereocenters. The maximum absolute atomic E-state index is 11.8. The normalized spacial score (nSPS) is 13.6. The van der Waals surface area contributed by atoms with Crippen molar-refractivity contribution in [1.29, 1.82) is 0 Å². The molecule has 1 N–H and O–H groups in total. The third-order valence-electron chi connectivity index (χ3n) is 3.30. The lowest BCUT2D eigenvalue weighted by atomic mass is 9.93. The summed E-state index contributed by atoms with van der Waals surface area (Å²) < 4.78 is 4.99. The number of rotatable bonds is 3. The lowest BCUT2D eigenvalue weighted by molar-refractivity contribution is 0.0690. The highest BCUT2D eigenvalue weighted by molar-refractivity contribution is 5.90. The maximum atomic E-state index is 11.8. The van der Waals surface area contributed by atoms with Crippen LogP contribution < -0.4 is 0 Å². The van der Waals surface area contributed by atoms with Gasteiger partial charge in [0, 0.05) is 6.54 Å². The van der Waals surface area contributed by atoms with Crippen LogP contribution in [0.5, 0.6) is 0 Å². The number of amides is 1. The first-order valence-electron chi connectivity index (χ1n) is 6.41. The summed E-state index contributed by atoms with van der Waals surface area (Å²) in [6.07, 6.45) is 1.70. The van der Waals surface area contributed by atoms with E-state index < -0.39 is 12.1 Å². The van der Waals surface area contributed by atoms with Crippen LogP contribution in [0.15, 0.2) is 24.8 Å². The molecule has 1 aliphatic heterocycles. The summed E-state index contributed by atoms with van der Waals surface area (Å²) in [5, 5.41) is 9.28. The van der Waals surface area contributed by atoms with E-state index in [1.54, 1.807) is 6.07 Å². The third kappa shape index (κ3) is 2.82. The number of fused-ring (bicyclic) bond motifs is 1. The van der Waals surface area contributed by atoms with Crippen LogP contribution in [0.2, 0.25) is 0 Å². The molecule has 5 nitrogen and oxygen atoms in total. The van der Waals surface area contributed by atoms with Crippen molar-refractivity contribution in [2.24, 2.45) is 0 Å². The molecule has 0 radical (unpaired) electrons. The summed E-state index contributed by atoms with van der Waals surface area (Å²) in [6, 6.07) is 3.62. The predicted molar refractivity (Wildman–Crippen MR) is 73.8 cm³/mol. The van der Waals surface area contributed by atoms with Gasteiger partial charge in [-0.1, -0.05) is 18.7 Å². The first-order valence-corrected chi connectivity index (χ1v) is 6.41. The highest BCUT2D eigenvalue weighted by atomic mass is 16.6. The Kier molecular flexibility index (Phi) is 4.08. The van der Waals surface area contributed by atoms with Crippen molar-refractivity contribution in [3.63, 3.8) is 0 Å². The van der Waals surface area contributed by atoms with E-state index >= 15 is 0 Å². The van der Waals surface area contributed by atoms with Crippen molar-refractivity contribution in [3.8, 4) is 0 Å². The first-order chi connectivity index (χ1) is 9.52. The average Bonchev–Trinajstić information content (AvgIpc) is 2.43. The number of benzene rings is 1. The fourth-order valence-electron chi connectivity index (χ4n) is 2.39. The second-order valence-electron chi connectivity index (χ2n) is 4.79. The van der Waals surface area contributed by atoms with Gasteiger partial charge in [-0.05, 0) is 36.1 Å². The molecule has 1 aromatic carbocycles. The highest BCUT2D eigenvalue weighted by Gasteiger charge is 2.25. The molecule has 1 amide bonds. The Hall–Kier alpha value is -2.30. The molecule has 0 saturated heterocycles. The molecule has 2 rings (SSSR count). The molecular formula is C15H17NO4. The van der Waals surface area contributed by atoms with Gasteiger partial charge in [0.1, 0.15) is 6.61 Å². The van der Waals surface area contributed by atoms with Crippen LogP contribution in [-0.4, -0.2) is 35.2 Å². The van der Waals surface area contributed by atoms with Crippen LogP contribution in [0, 0.1) is 6.92 Å². The van der Waals surface area contributed by atoms with Crippen LogP contribution in [-0.2, 0) is 17.7 Å². The molecule has 0 aliphatic carbocycles. The van der Waals surface area contributed by atoms with Crippen molar-refractivity contribution >= 4 is 12.1 Å². The van der Waals surface area contributed by atoms with Crippen LogP contribution >= 0.6 is 0 Å². The topological polar surface area (TPSA) is 66.8 Å². The van der Waals surface area contributed by atoms with Gasteiger partial charge < -0.3 is 14.7 Å². The molecule has 106 valence electrons. The standard InChI is InChI=1S/C15H17NO4/c1-3-6-20-15(19)16-5-4-11-7-10(2)8-12(14(17)18)13(11)9-16/h3,7-8H,1,4-6,9H2,2H3,(H,17,18). The van der Waals surface area contributed by atoms with E-state index in [-0.39, 0.29) is 18.7 Å². The molecule has 1 aromatic rings. The number of aryl methyl sites for hydroxylation is 1. The summed E-state index contributed by atoms with van der Waals surface area (Å²) in [6.45, 7) is 6.32. The summed E-state index contributed by atoms with van der Waals surface area (Å²) in [4.78, 5) is 24.7. The molecule has 5 heteroatoms. The lowest BCUT2D eigenvalue weighted by Gasteiger charge is -2.29. The molecule has 0 aromatic heterocycles. The van der Waals surface area contributed by atoms with E-state index in [0.29, 0.717) is 18.5 Å². The average molecular weight is 275 g/mol. The second kappa shape index (κ2) is 5.77. The van der Waals surface area contributed by atoms with Crippen molar-refractivity contribution in [2.75, 3.05) is 13.2 Å². The van der Waals surface area contributed by atoms with Gasteiger partial charge in [0.05, 0.1) is 12.1 Å². The summed E-state index contributed by atoms with van der Waals surface area (Å²) in [5.41, 5.74) is 2.88. The maximum Gasteiger partial charge on any atom is 0.410 e. The number of ether oxygens (including phenoxy) is 1. The lowest BCUT2D eigenvalue weighted by Crippen LogP contribution is -2.37. The first kappa shape index (κ1) is 14.1. The van der Waals surface area contributed by atoms with E-state index in [1.165, 1.54) is 11.0 Å². The Balaban J connectivity index is 2.26. The van der Waals surface area contributed by atoms with Crippen LogP contribution in [0.3, 0.4) is 0 Å². The molecule has 0 spiro atoms. The van der Waals surface area contributed by atoms with Crippen LogP contribution in [0.25, 0.3) is 0 Å². The van der Waals surface area contributed by atoms with Gasteiger partial charge in [0.25, 0.3) is 0 Å². The van der Waals surface area contributed by atoms with Crippen molar-refractivity contribution in [1.82, 2.24) is 4.90 Å². The second-order valence-corrected chi connectivity index (χ2v) is 4.79. The minimum absolute atomic E-state index is 0.155. The van der Waals surface area contributed by atoms with Crippen molar-refractivity contribution < 1.29 is 19.4 Å². The highest BCUT2D eigenvalue weighted by Crippen LogP contribution is 2.25. The zero-order chi connectivity index (χ0) is 14.7. The van der Waals surface area contributed by atoms with Gasteiger partial charge in [-0.15, -0.1) is 0 Å². The van der Waals surface area contributed by atoms with Crippen LogP contribution in [0.1, 0.15) is 27.0 Å². The van der Waals surface area contributed by atoms with Gasteiger partial charge in [-0.2, -0.15) is 0 Å². The van der Waals surface area contributed by atoms with E-state index in [4.69, 9.17) is 4.74 Å². The number of hydrogen-bond donors (Lipinski definition) is 1. The zero-order valence-corrected chi connectivity index (χ0v) is 11.4. The smallest absolute Gasteiger partial charge is 0.410 e. The summed E-state index contributed by atoms with van der Waals surface area (Å²) in [5.74, 6) is -0.966. The van der Waals surface area contributed by atoms with Gasteiger partial charge in [-0.3, -0.25) is 0 Å². The van der Waals surface area contributed by atoms with Gasteiger partial charge in [0.15, 0.2) is 0 Å². The fourth-order valence-corrected chi connectivity index (χ4v) is 2.39. The van der Waals surface area contributed by atoms with Crippen LogP contribution in [0.4, 0.5) is 4.79 Å². The number of carbonyl (C=O) groups excluding carboxylic acids is 1. The van der Waals surface area contributed by atoms with E-state index in [2.05, 4.69) is 6.58 Å². The number of nitrogens with zero attached hydrogens (tertiary/aromatic N) is 1. The molecule has 0 fully saturated rings. The minimum atomic E-state index is -0.966. The molecule has 1 aliphatic rings. The molecule has 1 heterocycles. The molecular weight excluding hydrogens is 258 g/mol. The van der Waals surface area contributed by atoms with Crippen molar-refractivity contribution in [3.05, 3.63) is 47.0 Å². The van der Waals surface area contributed by atoms with Gasteiger partial charge in [-0.25, -0.2) is 9.59 Å². The van der Waals surface area contributed by atoms with E-state index in [9.17, 15) is 14.7 Å². The monoisotopic (exact) mass is 275 g/mol. The largest absolute Gasteiger partial charge is 0.478 e. The zero-order valence-electron chi connectivity index (χ0n) is 11.4. The van der Waals surface area contributed by atoms with Gasteiger partial charge in [0.2, 0.25) is 0 Å². The van der Waals surface area contributed by atoms with E-state index in [0.717, 1.165) is 11.1 Å². The number of carbonyl (C=O) groups is 2. The third-order valence-corrected chi connectivity index (χ3v) is 3.30. The molecule has 0 saturated carbocycles. The Morgan fingerprint density at radius 3 is 2.90 bits per heavy atom. The Bertz CT molecular complexity index is 565. The molecule has 0 atom stereocenters. The quantitative estimate of drug-likeness (QED) is 0.860. The van der Waals surface area contributed by atoms with Crippen molar-refractivity contribution in [2.45, 2.75) is 19.9 Å². The predicted octanol–water partition coefficient (Wildman–Crippen LogP) is 2.37. The Morgan fingerprint density at radius 1 is 1.50 bits per heavy atom. The summed E-state index contributed by atoms with van der Waals surface area (Å²) in [7, 11) is 0. The Morgan fingerprint density at radius 2 is 2.25 bits per heavy atom. The number of carboxylic acids is 1. The number of hydrogen-bond acceptors (Lipinski definition) is 3. The fraction of sp³-hybridized carbons (Fsp3) is 0.333. The molecule has 0 bridgehead atoms. The van der Waals surface area contributed by atoms with Gasteiger partial charge >= 0.3 is 12.1 Å². The SMILES string of the molecule is C=CCOC(=O)N1CCc2cc(C)cc(C(=O)O)c2C1.